The summed E-state index contributed by atoms with van der Waals surface area (Å²) in [5, 5.41) is 0. The van der Waals surface area contributed by atoms with Gasteiger partial charge in [0.1, 0.15) is 0 Å². The first-order valence-electron chi connectivity index (χ1n) is 17.0. The average Bonchev–Trinajstić information content (AvgIpc) is 3.19. The highest BCUT2D eigenvalue weighted by Crippen LogP contribution is 2.39. The number of nitrogens with zero attached hydrogens (tertiary/aromatic N) is 3. The largest absolute Gasteiger partial charge is 0.285 e. The summed E-state index contributed by atoms with van der Waals surface area (Å²) in [6, 6.07) is 36.9. The summed E-state index contributed by atoms with van der Waals surface area (Å²) in [4.78, 5) is 15.1. The molecule has 3 aromatic carbocycles. The number of allylic oxidation sites excluding steroid dienone is 9. The van der Waals surface area contributed by atoms with Crippen LogP contribution in [0.5, 0.6) is 0 Å². The number of dihydropyridines is 1. The Labute approximate surface area is 283 Å². The Morgan fingerprint density at radius 3 is 2.12 bits per heavy atom. The predicted octanol–water partition coefficient (Wildman–Crippen LogP) is 11.5. The van der Waals surface area contributed by atoms with E-state index in [2.05, 4.69) is 146 Å². The van der Waals surface area contributed by atoms with Gasteiger partial charge < -0.3 is 0 Å². The number of pyridine rings is 2. The van der Waals surface area contributed by atoms with Crippen LogP contribution in [0.25, 0.3) is 50.4 Å². The minimum atomic E-state index is -0.00262. The fourth-order valence-corrected chi connectivity index (χ4v) is 6.83. The molecule has 0 bridgehead atoms. The number of hydrogen-bond donors (Lipinski definition) is 0. The number of rotatable bonds is 7. The molecule has 0 amide bonds. The summed E-state index contributed by atoms with van der Waals surface area (Å²) in [6.07, 6.45) is 24.5. The van der Waals surface area contributed by atoms with Crippen LogP contribution in [-0.2, 0) is 0 Å². The van der Waals surface area contributed by atoms with E-state index in [0.717, 1.165) is 71.4 Å². The van der Waals surface area contributed by atoms with Gasteiger partial charge in [0, 0.05) is 23.5 Å². The number of benzene rings is 3. The lowest BCUT2D eigenvalue weighted by molar-refractivity contribution is 0.752. The van der Waals surface area contributed by atoms with Gasteiger partial charge in [-0.25, -0.2) is 4.98 Å². The molecule has 3 heterocycles. The SMILES string of the molecule is C1=CCCC(c2ccnc(-c3cc(-c4cc(C5=CCCC=C5)nc(-c5ccccc5)c4)cc(C4CC(c5ccccc5)=CC=N4)c3)c2)=C1. The van der Waals surface area contributed by atoms with E-state index in [9.17, 15) is 0 Å². The Bertz CT molecular complexity index is 2150. The van der Waals surface area contributed by atoms with Crippen LogP contribution in [0, 0.1) is 0 Å². The lowest BCUT2D eigenvalue weighted by Crippen LogP contribution is -2.04. The Hall–Kier alpha value is -5.67. The topological polar surface area (TPSA) is 38.1 Å². The summed E-state index contributed by atoms with van der Waals surface area (Å²) in [5.41, 5.74) is 14.9. The first-order chi connectivity index (χ1) is 23.8. The molecule has 5 aromatic rings. The quantitative estimate of drug-likeness (QED) is 0.182. The van der Waals surface area contributed by atoms with Crippen LogP contribution in [0.2, 0.25) is 0 Å². The first-order valence-corrected chi connectivity index (χ1v) is 17.0. The van der Waals surface area contributed by atoms with Crippen molar-refractivity contribution >= 4 is 22.9 Å². The molecule has 1 atom stereocenters. The summed E-state index contributed by atoms with van der Waals surface area (Å²) in [5.74, 6) is 0. The van der Waals surface area contributed by atoms with Crippen LogP contribution < -0.4 is 0 Å². The van der Waals surface area contributed by atoms with Crippen LogP contribution in [0.4, 0.5) is 0 Å². The summed E-state index contributed by atoms with van der Waals surface area (Å²) < 4.78 is 0. The molecule has 0 fully saturated rings. The zero-order valence-corrected chi connectivity index (χ0v) is 27.0. The minimum Gasteiger partial charge on any atom is -0.285 e. The second-order valence-electron chi connectivity index (χ2n) is 12.6. The van der Waals surface area contributed by atoms with Gasteiger partial charge >= 0.3 is 0 Å². The van der Waals surface area contributed by atoms with Crippen molar-refractivity contribution in [1.29, 1.82) is 0 Å². The maximum absolute atomic E-state index is 5.18. The van der Waals surface area contributed by atoms with Crippen molar-refractivity contribution in [2.45, 2.75) is 38.1 Å². The molecule has 2 aliphatic carbocycles. The highest BCUT2D eigenvalue weighted by atomic mass is 14.8. The number of aromatic nitrogens is 2. The second kappa shape index (κ2) is 13.6. The number of aliphatic imine (C=N–C) groups is 1. The highest BCUT2D eigenvalue weighted by molar-refractivity contribution is 5.87. The molecule has 3 heteroatoms. The Morgan fingerprint density at radius 2 is 1.33 bits per heavy atom. The molecule has 1 unspecified atom stereocenters. The standard InChI is InChI=1S/C45H37N3/c1-5-13-32(14-6-1)36-21-23-46-42(28-36)40-25-38(26-41(27-40)43-29-37(22-24-47-43)33-15-7-2-8-16-33)39-30-44(34-17-9-3-10-18-34)48-45(31-39)35-19-11-4-12-20-35/h1-3,5-7,9-11,13-15,17-27,29-31,42H,4,8,12,16,28H2. The van der Waals surface area contributed by atoms with E-state index in [1.807, 2.05) is 12.4 Å². The molecule has 2 aromatic heterocycles. The maximum Gasteiger partial charge on any atom is 0.0789 e. The molecule has 0 radical (unpaired) electrons. The van der Waals surface area contributed by atoms with Crippen molar-refractivity contribution in [3.8, 4) is 33.6 Å². The third kappa shape index (κ3) is 6.45. The van der Waals surface area contributed by atoms with Crippen LogP contribution in [0.15, 0.2) is 157 Å². The maximum atomic E-state index is 5.18. The molecule has 0 spiro atoms. The average molecular weight is 620 g/mol. The monoisotopic (exact) mass is 619 g/mol. The Morgan fingerprint density at radius 1 is 0.562 bits per heavy atom. The molecule has 1 aliphatic heterocycles. The molecule has 0 saturated heterocycles. The smallest absolute Gasteiger partial charge is 0.0789 e. The summed E-state index contributed by atoms with van der Waals surface area (Å²) >= 11 is 0. The van der Waals surface area contributed by atoms with Gasteiger partial charge in [-0.3, -0.25) is 9.98 Å². The lowest BCUT2D eigenvalue weighted by Gasteiger charge is -2.21. The highest BCUT2D eigenvalue weighted by Gasteiger charge is 2.20. The van der Waals surface area contributed by atoms with E-state index in [-0.39, 0.29) is 6.04 Å². The van der Waals surface area contributed by atoms with E-state index in [4.69, 9.17) is 15.0 Å². The van der Waals surface area contributed by atoms with Gasteiger partial charge in [0.05, 0.1) is 23.1 Å². The zero-order valence-electron chi connectivity index (χ0n) is 27.0. The van der Waals surface area contributed by atoms with Gasteiger partial charge in [0.2, 0.25) is 0 Å². The van der Waals surface area contributed by atoms with Gasteiger partial charge in [0.15, 0.2) is 0 Å². The summed E-state index contributed by atoms with van der Waals surface area (Å²) in [6.45, 7) is 0. The lowest BCUT2D eigenvalue weighted by atomic mass is 9.88. The molecule has 0 saturated carbocycles. The van der Waals surface area contributed by atoms with Crippen molar-refractivity contribution in [3.05, 3.63) is 174 Å². The van der Waals surface area contributed by atoms with E-state index in [1.54, 1.807) is 0 Å². The van der Waals surface area contributed by atoms with E-state index >= 15 is 0 Å². The summed E-state index contributed by atoms with van der Waals surface area (Å²) in [7, 11) is 0. The molecule has 232 valence electrons. The first kappa shape index (κ1) is 29.7. The van der Waals surface area contributed by atoms with Crippen LogP contribution >= 0.6 is 0 Å². The molecule has 3 nitrogen and oxygen atoms in total. The van der Waals surface area contributed by atoms with Gasteiger partial charge in [0.25, 0.3) is 0 Å². The third-order valence-corrected chi connectivity index (χ3v) is 9.40. The second-order valence-corrected chi connectivity index (χ2v) is 12.6. The molecule has 8 rings (SSSR count). The fourth-order valence-electron chi connectivity index (χ4n) is 6.83. The molecule has 3 aliphatic rings. The fraction of sp³-hybridized carbons (Fsp3) is 0.133. The third-order valence-electron chi connectivity index (χ3n) is 9.40. The van der Waals surface area contributed by atoms with Crippen LogP contribution in [0.1, 0.15) is 60.5 Å². The molecular weight excluding hydrogens is 583 g/mol. The van der Waals surface area contributed by atoms with E-state index < -0.39 is 0 Å². The number of hydrogen-bond acceptors (Lipinski definition) is 3. The van der Waals surface area contributed by atoms with Gasteiger partial charge in [-0.1, -0.05) is 97.1 Å². The van der Waals surface area contributed by atoms with Crippen LogP contribution in [0.3, 0.4) is 0 Å². The molecular formula is C45H37N3. The van der Waals surface area contributed by atoms with Gasteiger partial charge in [-0.05, 0) is 125 Å². The van der Waals surface area contributed by atoms with Crippen molar-refractivity contribution in [1.82, 2.24) is 9.97 Å². The zero-order chi connectivity index (χ0) is 32.1. The van der Waals surface area contributed by atoms with Gasteiger partial charge in [-0.15, -0.1) is 0 Å². The van der Waals surface area contributed by atoms with E-state index in [1.165, 1.54) is 33.4 Å². The predicted molar refractivity (Wildman–Crippen MR) is 201 cm³/mol. The van der Waals surface area contributed by atoms with Crippen molar-refractivity contribution in [3.63, 3.8) is 0 Å². The minimum absolute atomic E-state index is 0.00262. The van der Waals surface area contributed by atoms with Crippen LogP contribution in [-0.4, -0.2) is 16.2 Å². The van der Waals surface area contributed by atoms with Crippen molar-refractivity contribution in [2.24, 2.45) is 4.99 Å². The van der Waals surface area contributed by atoms with E-state index in [0.29, 0.717) is 0 Å². The Balaban J connectivity index is 1.27. The normalized spacial score (nSPS) is 17.1. The van der Waals surface area contributed by atoms with Crippen molar-refractivity contribution in [2.75, 3.05) is 0 Å². The van der Waals surface area contributed by atoms with Gasteiger partial charge in [-0.2, -0.15) is 0 Å². The molecule has 48 heavy (non-hydrogen) atoms. The molecule has 0 N–H and O–H groups in total. The Kier molecular flexibility index (Phi) is 8.41. The van der Waals surface area contributed by atoms with Crippen molar-refractivity contribution < 1.29 is 0 Å².